The molecule has 104 valence electrons. The SMILES string of the molecule is CCNC(=NCC1(O)CCC1)N1CCCC(C)C1. The molecule has 1 heterocycles. The largest absolute Gasteiger partial charge is 0.388 e. The van der Waals surface area contributed by atoms with E-state index in [1.54, 1.807) is 0 Å². The van der Waals surface area contributed by atoms with Gasteiger partial charge in [-0.3, -0.25) is 4.99 Å². The van der Waals surface area contributed by atoms with Crippen molar-refractivity contribution in [2.24, 2.45) is 10.9 Å². The Balaban J connectivity index is 1.95. The fourth-order valence-corrected chi connectivity index (χ4v) is 2.77. The van der Waals surface area contributed by atoms with Gasteiger partial charge in [-0.25, -0.2) is 0 Å². The third kappa shape index (κ3) is 3.37. The van der Waals surface area contributed by atoms with E-state index in [0.717, 1.165) is 50.8 Å². The van der Waals surface area contributed by atoms with Gasteiger partial charge in [0, 0.05) is 19.6 Å². The van der Waals surface area contributed by atoms with Crippen LogP contribution in [0.25, 0.3) is 0 Å². The van der Waals surface area contributed by atoms with E-state index in [4.69, 9.17) is 0 Å². The van der Waals surface area contributed by atoms with Gasteiger partial charge in [-0.15, -0.1) is 0 Å². The average Bonchev–Trinajstić information content (AvgIpc) is 2.32. The first kappa shape index (κ1) is 13.7. The monoisotopic (exact) mass is 253 g/mol. The van der Waals surface area contributed by atoms with Crippen LogP contribution >= 0.6 is 0 Å². The van der Waals surface area contributed by atoms with Crippen LogP contribution in [-0.4, -0.2) is 47.7 Å². The average molecular weight is 253 g/mol. The van der Waals surface area contributed by atoms with Gasteiger partial charge in [0.2, 0.25) is 0 Å². The number of guanidine groups is 1. The number of likely N-dealkylation sites (tertiary alicyclic amines) is 1. The lowest BCUT2D eigenvalue weighted by atomic mass is 9.80. The molecule has 1 aliphatic carbocycles. The highest BCUT2D eigenvalue weighted by atomic mass is 16.3. The molecule has 2 fully saturated rings. The summed E-state index contributed by atoms with van der Waals surface area (Å²) in [6.45, 7) is 8.03. The number of rotatable bonds is 3. The van der Waals surface area contributed by atoms with Gasteiger partial charge in [-0.05, 0) is 44.9 Å². The quantitative estimate of drug-likeness (QED) is 0.593. The van der Waals surface area contributed by atoms with Crippen LogP contribution in [0.5, 0.6) is 0 Å². The maximum absolute atomic E-state index is 10.1. The lowest BCUT2D eigenvalue weighted by Crippen LogP contribution is -2.48. The summed E-state index contributed by atoms with van der Waals surface area (Å²) in [5, 5.41) is 13.5. The van der Waals surface area contributed by atoms with Crippen LogP contribution in [0.4, 0.5) is 0 Å². The van der Waals surface area contributed by atoms with Crippen LogP contribution < -0.4 is 5.32 Å². The highest BCUT2D eigenvalue weighted by Crippen LogP contribution is 2.31. The van der Waals surface area contributed by atoms with Crippen LogP contribution in [0, 0.1) is 5.92 Å². The number of aliphatic imine (C=N–C) groups is 1. The van der Waals surface area contributed by atoms with Crippen LogP contribution in [-0.2, 0) is 0 Å². The molecule has 1 atom stereocenters. The third-order valence-corrected chi connectivity index (χ3v) is 4.10. The minimum absolute atomic E-state index is 0.512. The minimum atomic E-state index is -0.512. The van der Waals surface area contributed by atoms with Crippen molar-refractivity contribution in [1.29, 1.82) is 0 Å². The first-order chi connectivity index (χ1) is 8.63. The van der Waals surface area contributed by atoms with E-state index >= 15 is 0 Å². The summed E-state index contributed by atoms with van der Waals surface area (Å²) in [5.74, 6) is 1.73. The summed E-state index contributed by atoms with van der Waals surface area (Å²) in [6, 6.07) is 0. The lowest BCUT2D eigenvalue weighted by molar-refractivity contribution is -0.0238. The highest BCUT2D eigenvalue weighted by Gasteiger charge is 2.34. The van der Waals surface area contributed by atoms with E-state index in [-0.39, 0.29) is 0 Å². The Morgan fingerprint density at radius 1 is 1.44 bits per heavy atom. The number of aliphatic hydroxyl groups is 1. The number of piperidine rings is 1. The fraction of sp³-hybridized carbons (Fsp3) is 0.929. The van der Waals surface area contributed by atoms with Crippen LogP contribution in [0.15, 0.2) is 4.99 Å². The van der Waals surface area contributed by atoms with E-state index in [1.807, 2.05) is 0 Å². The van der Waals surface area contributed by atoms with Gasteiger partial charge in [0.1, 0.15) is 0 Å². The second-order valence-electron chi connectivity index (χ2n) is 5.94. The summed E-state index contributed by atoms with van der Waals surface area (Å²) in [7, 11) is 0. The molecule has 18 heavy (non-hydrogen) atoms. The predicted molar refractivity (Wildman–Crippen MR) is 74.8 cm³/mol. The van der Waals surface area contributed by atoms with Gasteiger partial charge in [0.25, 0.3) is 0 Å². The molecule has 0 aromatic carbocycles. The van der Waals surface area contributed by atoms with Crippen molar-refractivity contribution < 1.29 is 5.11 Å². The maximum Gasteiger partial charge on any atom is 0.194 e. The zero-order chi connectivity index (χ0) is 13.0. The molecule has 1 unspecified atom stereocenters. The number of hydrogen-bond donors (Lipinski definition) is 2. The maximum atomic E-state index is 10.1. The van der Waals surface area contributed by atoms with Crippen molar-refractivity contribution in [3.63, 3.8) is 0 Å². The second-order valence-corrected chi connectivity index (χ2v) is 5.94. The molecule has 2 N–H and O–H groups in total. The third-order valence-electron chi connectivity index (χ3n) is 4.10. The van der Waals surface area contributed by atoms with Crippen LogP contribution in [0.1, 0.15) is 46.0 Å². The Morgan fingerprint density at radius 3 is 2.78 bits per heavy atom. The Kier molecular flexibility index (Phi) is 4.49. The molecule has 0 aromatic heterocycles. The molecule has 4 heteroatoms. The van der Waals surface area contributed by atoms with E-state index in [2.05, 4.69) is 29.1 Å². The van der Waals surface area contributed by atoms with Crippen molar-refractivity contribution in [3.05, 3.63) is 0 Å². The van der Waals surface area contributed by atoms with Crippen molar-refractivity contribution >= 4 is 5.96 Å². The Hall–Kier alpha value is -0.770. The second kappa shape index (κ2) is 5.91. The van der Waals surface area contributed by atoms with E-state index < -0.39 is 5.60 Å². The molecule has 1 aliphatic heterocycles. The molecule has 0 aromatic rings. The smallest absolute Gasteiger partial charge is 0.194 e. The zero-order valence-corrected chi connectivity index (χ0v) is 11.8. The van der Waals surface area contributed by atoms with Gasteiger partial charge in [-0.1, -0.05) is 6.92 Å². The van der Waals surface area contributed by atoms with E-state index in [0.29, 0.717) is 6.54 Å². The number of hydrogen-bond acceptors (Lipinski definition) is 2. The summed E-state index contributed by atoms with van der Waals surface area (Å²) in [4.78, 5) is 6.99. The Morgan fingerprint density at radius 2 is 2.22 bits per heavy atom. The molecule has 2 aliphatic rings. The molecule has 0 bridgehead atoms. The first-order valence-corrected chi connectivity index (χ1v) is 7.38. The molecular weight excluding hydrogens is 226 g/mol. The first-order valence-electron chi connectivity index (χ1n) is 7.38. The summed E-state index contributed by atoms with van der Waals surface area (Å²) in [6.07, 6.45) is 5.53. The van der Waals surface area contributed by atoms with Crippen LogP contribution in [0.3, 0.4) is 0 Å². The lowest BCUT2D eigenvalue weighted by Gasteiger charge is -2.37. The Labute approximate surface area is 110 Å². The van der Waals surface area contributed by atoms with Gasteiger partial charge < -0.3 is 15.3 Å². The van der Waals surface area contributed by atoms with Crippen molar-refractivity contribution in [2.75, 3.05) is 26.2 Å². The molecule has 1 saturated carbocycles. The molecule has 0 radical (unpaired) electrons. The van der Waals surface area contributed by atoms with Crippen LogP contribution in [0.2, 0.25) is 0 Å². The number of nitrogens with one attached hydrogen (secondary N) is 1. The Bertz CT molecular complexity index is 299. The minimum Gasteiger partial charge on any atom is -0.388 e. The van der Waals surface area contributed by atoms with Crippen molar-refractivity contribution in [3.8, 4) is 0 Å². The van der Waals surface area contributed by atoms with E-state index in [1.165, 1.54) is 12.8 Å². The number of nitrogens with zero attached hydrogens (tertiary/aromatic N) is 2. The molecule has 1 saturated heterocycles. The normalized spacial score (nSPS) is 27.8. The molecule has 0 amide bonds. The van der Waals surface area contributed by atoms with Crippen molar-refractivity contribution in [1.82, 2.24) is 10.2 Å². The highest BCUT2D eigenvalue weighted by molar-refractivity contribution is 5.80. The standard InChI is InChI=1S/C14H27N3O/c1-3-15-13(16-11-14(18)7-5-8-14)17-9-4-6-12(2)10-17/h12,18H,3-11H2,1-2H3,(H,15,16). The van der Waals surface area contributed by atoms with Gasteiger partial charge in [0.15, 0.2) is 5.96 Å². The summed E-state index contributed by atoms with van der Waals surface area (Å²) in [5.41, 5.74) is -0.512. The van der Waals surface area contributed by atoms with Crippen molar-refractivity contribution in [2.45, 2.75) is 51.6 Å². The van der Waals surface area contributed by atoms with E-state index in [9.17, 15) is 5.11 Å². The topological polar surface area (TPSA) is 47.9 Å². The van der Waals surface area contributed by atoms with Gasteiger partial charge in [0.05, 0.1) is 12.1 Å². The fourth-order valence-electron chi connectivity index (χ4n) is 2.77. The summed E-state index contributed by atoms with van der Waals surface area (Å²) >= 11 is 0. The molecule has 0 spiro atoms. The molecule has 4 nitrogen and oxygen atoms in total. The molecular formula is C14H27N3O. The van der Waals surface area contributed by atoms with Gasteiger partial charge >= 0.3 is 0 Å². The van der Waals surface area contributed by atoms with Gasteiger partial charge in [-0.2, -0.15) is 0 Å². The predicted octanol–water partition coefficient (Wildman–Crippen LogP) is 1.60. The molecule has 2 rings (SSSR count). The summed E-state index contributed by atoms with van der Waals surface area (Å²) < 4.78 is 0. The zero-order valence-electron chi connectivity index (χ0n) is 11.8.